The molecule has 1 aliphatic heterocycles. The number of hydrogen-bond donors (Lipinski definition) is 0. The van der Waals surface area contributed by atoms with Gasteiger partial charge in [0.1, 0.15) is 12.1 Å². The number of fused-ring (bicyclic) bond motifs is 1. The normalized spacial score (nSPS) is 16.4. The van der Waals surface area contributed by atoms with E-state index in [9.17, 15) is 9.59 Å². The van der Waals surface area contributed by atoms with Gasteiger partial charge < -0.3 is 14.2 Å². The third-order valence-electron chi connectivity index (χ3n) is 6.02. The van der Waals surface area contributed by atoms with Crippen molar-refractivity contribution in [2.75, 3.05) is 13.1 Å². The SMILES string of the molecule is O=C(c1cc2ccccc2o1)N1CC(=O)N(Cc2ccc(Cl)cc2)C(Cc2ccccc2)C1. The predicted molar refractivity (Wildman–Crippen MR) is 128 cm³/mol. The van der Waals surface area contributed by atoms with E-state index in [-0.39, 0.29) is 30.2 Å². The van der Waals surface area contributed by atoms with Crippen molar-refractivity contribution in [2.24, 2.45) is 0 Å². The maximum atomic E-state index is 13.3. The fourth-order valence-electron chi connectivity index (χ4n) is 4.34. The number of nitrogens with zero attached hydrogens (tertiary/aromatic N) is 2. The minimum absolute atomic E-state index is 0.0226. The summed E-state index contributed by atoms with van der Waals surface area (Å²) in [5.41, 5.74) is 2.78. The Morgan fingerprint density at radius 3 is 2.42 bits per heavy atom. The van der Waals surface area contributed by atoms with Gasteiger partial charge in [0.15, 0.2) is 5.76 Å². The Kier molecular flexibility index (Phi) is 5.88. The summed E-state index contributed by atoms with van der Waals surface area (Å²) >= 11 is 6.03. The Morgan fingerprint density at radius 1 is 0.939 bits per heavy atom. The van der Waals surface area contributed by atoms with Crippen molar-refractivity contribution in [1.82, 2.24) is 9.80 Å². The summed E-state index contributed by atoms with van der Waals surface area (Å²) in [7, 11) is 0. The lowest BCUT2D eigenvalue weighted by atomic mass is 10.0. The summed E-state index contributed by atoms with van der Waals surface area (Å²) in [6, 6.07) is 26.7. The fraction of sp³-hybridized carbons (Fsp3) is 0.185. The van der Waals surface area contributed by atoms with E-state index in [0.29, 0.717) is 30.1 Å². The molecule has 1 saturated heterocycles. The van der Waals surface area contributed by atoms with Crippen molar-refractivity contribution >= 4 is 34.4 Å². The minimum atomic E-state index is -0.260. The van der Waals surface area contributed by atoms with Gasteiger partial charge in [-0.3, -0.25) is 9.59 Å². The molecule has 5 nitrogen and oxygen atoms in total. The number of carbonyl (C=O) groups is 2. The maximum Gasteiger partial charge on any atom is 0.290 e. The van der Waals surface area contributed by atoms with Crippen LogP contribution in [0.4, 0.5) is 0 Å². The fourth-order valence-corrected chi connectivity index (χ4v) is 4.46. The molecule has 1 atom stereocenters. The number of furan rings is 1. The van der Waals surface area contributed by atoms with Crippen LogP contribution >= 0.6 is 11.6 Å². The Bertz CT molecular complexity index is 1250. The number of piperazine rings is 1. The zero-order chi connectivity index (χ0) is 22.8. The molecule has 4 aromatic rings. The first-order valence-corrected chi connectivity index (χ1v) is 11.3. The molecule has 0 spiro atoms. The first-order valence-electron chi connectivity index (χ1n) is 10.9. The highest BCUT2D eigenvalue weighted by atomic mass is 35.5. The van der Waals surface area contributed by atoms with Crippen LogP contribution in [0.5, 0.6) is 0 Å². The molecular formula is C27H23ClN2O3. The second-order valence-corrected chi connectivity index (χ2v) is 8.76. The van der Waals surface area contributed by atoms with E-state index in [2.05, 4.69) is 0 Å². The highest BCUT2D eigenvalue weighted by Gasteiger charge is 2.36. The van der Waals surface area contributed by atoms with E-state index in [1.54, 1.807) is 11.0 Å². The quantitative estimate of drug-likeness (QED) is 0.414. The summed E-state index contributed by atoms with van der Waals surface area (Å²) in [6.07, 6.45) is 0.657. The highest BCUT2D eigenvalue weighted by molar-refractivity contribution is 6.30. The second-order valence-electron chi connectivity index (χ2n) is 8.33. The lowest BCUT2D eigenvalue weighted by molar-refractivity contribution is -0.139. The zero-order valence-electron chi connectivity index (χ0n) is 18.0. The number of para-hydroxylation sites is 1. The monoisotopic (exact) mass is 458 g/mol. The van der Waals surface area contributed by atoms with Gasteiger partial charge >= 0.3 is 0 Å². The molecular weight excluding hydrogens is 436 g/mol. The molecule has 0 aliphatic carbocycles. The summed E-state index contributed by atoms with van der Waals surface area (Å²) in [5, 5.41) is 1.53. The smallest absolute Gasteiger partial charge is 0.290 e. The van der Waals surface area contributed by atoms with E-state index in [1.807, 2.05) is 83.8 Å². The molecule has 5 rings (SSSR count). The second kappa shape index (κ2) is 9.12. The van der Waals surface area contributed by atoms with Crippen molar-refractivity contribution in [3.63, 3.8) is 0 Å². The Balaban J connectivity index is 1.41. The number of carbonyl (C=O) groups excluding carboxylic acids is 2. The molecule has 166 valence electrons. The first kappa shape index (κ1) is 21.3. The van der Waals surface area contributed by atoms with Crippen LogP contribution in [-0.4, -0.2) is 40.7 Å². The van der Waals surface area contributed by atoms with Gasteiger partial charge in [-0.25, -0.2) is 0 Å². The third kappa shape index (κ3) is 4.64. The Labute approximate surface area is 197 Å². The van der Waals surface area contributed by atoms with Crippen LogP contribution in [0, 0.1) is 0 Å². The molecule has 2 amide bonds. The molecule has 3 aromatic carbocycles. The molecule has 1 fully saturated rings. The summed E-state index contributed by atoms with van der Waals surface area (Å²) in [4.78, 5) is 30.0. The minimum Gasteiger partial charge on any atom is -0.451 e. The molecule has 0 saturated carbocycles. The van der Waals surface area contributed by atoms with Crippen LogP contribution in [0.1, 0.15) is 21.7 Å². The molecule has 1 unspecified atom stereocenters. The Morgan fingerprint density at radius 2 is 1.67 bits per heavy atom. The van der Waals surface area contributed by atoms with E-state index >= 15 is 0 Å². The van der Waals surface area contributed by atoms with Gasteiger partial charge in [0, 0.05) is 23.5 Å². The largest absolute Gasteiger partial charge is 0.451 e. The van der Waals surface area contributed by atoms with Gasteiger partial charge in [-0.05, 0) is 41.8 Å². The topological polar surface area (TPSA) is 53.8 Å². The standard InChI is InChI=1S/C27H23ClN2O3/c28-22-12-10-20(11-13-22)16-30-23(14-19-6-2-1-3-7-19)17-29(18-26(30)31)27(32)25-15-21-8-4-5-9-24(21)33-25/h1-13,15,23H,14,16-18H2. The predicted octanol–water partition coefficient (Wildman–Crippen LogP) is 5.18. The van der Waals surface area contributed by atoms with E-state index in [0.717, 1.165) is 16.5 Å². The maximum absolute atomic E-state index is 13.3. The molecule has 0 N–H and O–H groups in total. The molecule has 0 bridgehead atoms. The number of rotatable bonds is 5. The summed E-state index contributed by atoms with van der Waals surface area (Å²) in [5.74, 6) is -0.0843. The molecule has 33 heavy (non-hydrogen) atoms. The summed E-state index contributed by atoms with van der Waals surface area (Å²) < 4.78 is 5.78. The molecule has 1 aliphatic rings. The van der Waals surface area contributed by atoms with Crippen LogP contribution in [0.15, 0.2) is 89.3 Å². The number of halogens is 1. The lowest BCUT2D eigenvalue weighted by Gasteiger charge is -2.41. The number of amides is 2. The van der Waals surface area contributed by atoms with Crippen molar-refractivity contribution in [3.05, 3.63) is 107 Å². The van der Waals surface area contributed by atoms with Crippen molar-refractivity contribution in [2.45, 2.75) is 19.0 Å². The van der Waals surface area contributed by atoms with Crippen molar-refractivity contribution < 1.29 is 14.0 Å². The lowest BCUT2D eigenvalue weighted by Crippen LogP contribution is -2.58. The zero-order valence-corrected chi connectivity index (χ0v) is 18.7. The number of hydrogen-bond acceptors (Lipinski definition) is 3. The van der Waals surface area contributed by atoms with E-state index < -0.39 is 0 Å². The van der Waals surface area contributed by atoms with Crippen LogP contribution in [0.25, 0.3) is 11.0 Å². The Hall–Kier alpha value is -3.57. The van der Waals surface area contributed by atoms with Crippen molar-refractivity contribution in [3.8, 4) is 0 Å². The molecule has 2 heterocycles. The van der Waals surface area contributed by atoms with Crippen LogP contribution in [-0.2, 0) is 17.8 Å². The average Bonchev–Trinajstić information content (AvgIpc) is 3.27. The first-order chi connectivity index (χ1) is 16.1. The molecule has 0 radical (unpaired) electrons. The van der Waals surface area contributed by atoms with Crippen LogP contribution in [0.3, 0.4) is 0 Å². The van der Waals surface area contributed by atoms with Gasteiger partial charge in [-0.2, -0.15) is 0 Å². The van der Waals surface area contributed by atoms with Gasteiger partial charge in [0.05, 0.1) is 6.04 Å². The van der Waals surface area contributed by atoms with Gasteiger partial charge in [-0.1, -0.05) is 72.3 Å². The van der Waals surface area contributed by atoms with Gasteiger partial charge in [0.2, 0.25) is 5.91 Å². The van der Waals surface area contributed by atoms with Crippen LogP contribution in [0.2, 0.25) is 5.02 Å². The molecule has 1 aromatic heterocycles. The van der Waals surface area contributed by atoms with Gasteiger partial charge in [-0.15, -0.1) is 0 Å². The number of benzene rings is 3. The molecule has 6 heteroatoms. The summed E-state index contributed by atoms with van der Waals surface area (Å²) in [6.45, 7) is 0.930. The van der Waals surface area contributed by atoms with E-state index in [1.165, 1.54) is 0 Å². The van der Waals surface area contributed by atoms with E-state index in [4.69, 9.17) is 16.0 Å². The van der Waals surface area contributed by atoms with Crippen molar-refractivity contribution in [1.29, 1.82) is 0 Å². The highest BCUT2D eigenvalue weighted by Crippen LogP contribution is 2.24. The van der Waals surface area contributed by atoms with Gasteiger partial charge in [0.25, 0.3) is 5.91 Å². The average molecular weight is 459 g/mol. The van der Waals surface area contributed by atoms with Crippen LogP contribution < -0.4 is 0 Å². The third-order valence-corrected chi connectivity index (χ3v) is 6.27.